The molecular formula is C26H27N3O3. The molecule has 0 bridgehead atoms. The molecule has 0 fully saturated rings. The average molecular weight is 430 g/mol. The van der Waals surface area contributed by atoms with E-state index in [9.17, 15) is 9.59 Å². The molecular weight excluding hydrogens is 402 g/mol. The molecule has 0 aliphatic heterocycles. The van der Waals surface area contributed by atoms with Gasteiger partial charge in [0.1, 0.15) is 5.84 Å². The Balaban J connectivity index is 1.86. The van der Waals surface area contributed by atoms with E-state index in [0.29, 0.717) is 22.6 Å². The normalized spacial score (nSPS) is 10.6. The second-order valence-electron chi connectivity index (χ2n) is 7.86. The summed E-state index contributed by atoms with van der Waals surface area (Å²) in [6.45, 7) is 4.45. The zero-order valence-electron chi connectivity index (χ0n) is 18.4. The van der Waals surface area contributed by atoms with Crippen molar-refractivity contribution in [1.29, 1.82) is 5.41 Å². The minimum absolute atomic E-state index is 0.0352. The molecule has 0 atom stereocenters. The number of methoxy groups -OCH3 is 1. The van der Waals surface area contributed by atoms with Crippen LogP contribution in [-0.4, -0.2) is 24.8 Å². The third-order valence-corrected chi connectivity index (χ3v) is 5.21. The number of amidine groups is 1. The van der Waals surface area contributed by atoms with Crippen LogP contribution in [0.2, 0.25) is 0 Å². The first-order valence-electron chi connectivity index (χ1n) is 10.3. The molecule has 32 heavy (non-hydrogen) atoms. The Bertz CT molecular complexity index is 1150. The van der Waals surface area contributed by atoms with Gasteiger partial charge in [0.15, 0.2) is 0 Å². The molecule has 1 amide bonds. The number of hydrogen-bond donors (Lipinski definition) is 3. The lowest BCUT2D eigenvalue weighted by Crippen LogP contribution is -2.23. The SMILES string of the molecule is COC(=O)c1cc(CNC(=O)c2ccc(C(C)C)cc2)cc(-c2cccc(C(=N)N)c2)c1. The Labute approximate surface area is 187 Å². The van der Waals surface area contributed by atoms with Gasteiger partial charge in [-0.25, -0.2) is 4.79 Å². The highest BCUT2D eigenvalue weighted by Crippen LogP contribution is 2.24. The Hall–Kier alpha value is -3.93. The number of nitrogens with two attached hydrogens (primary N) is 1. The smallest absolute Gasteiger partial charge is 0.337 e. The molecule has 0 saturated heterocycles. The number of nitrogens with one attached hydrogen (secondary N) is 2. The molecule has 0 saturated carbocycles. The van der Waals surface area contributed by atoms with Gasteiger partial charge in [0, 0.05) is 17.7 Å². The minimum Gasteiger partial charge on any atom is -0.465 e. The number of benzene rings is 3. The Morgan fingerprint density at radius 1 is 0.938 bits per heavy atom. The topological polar surface area (TPSA) is 105 Å². The second kappa shape index (κ2) is 9.92. The number of ether oxygens (including phenoxy) is 1. The number of amides is 1. The van der Waals surface area contributed by atoms with E-state index in [1.165, 1.54) is 12.7 Å². The molecule has 0 aliphatic rings. The molecule has 0 aromatic heterocycles. The summed E-state index contributed by atoms with van der Waals surface area (Å²) < 4.78 is 4.89. The lowest BCUT2D eigenvalue weighted by molar-refractivity contribution is 0.0600. The molecule has 6 heteroatoms. The van der Waals surface area contributed by atoms with Crippen molar-refractivity contribution in [3.8, 4) is 11.1 Å². The van der Waals surface area contributed by atoms with E-state index in [1.807, 2.05) is 36.4 Å². The minimum atomic E-state index is -0.466. The predicted molar refractivity (Wildman–Crippen MR) is 126 cm³/mol. The van der Waals surface area contributed by atoms with Crippen LogP contribution in [0.3, 0.4) is 0 Å². The maximum absolute atomic E-state index is 12.6. The molecule has 3 aromatic rings. The fourth-order valence-electron chi connectivity index (χ4n) is 3.37. The van der Waals surface area contributed by atoms with Gasteiger partial charge in [0.25, 0.3) is 5.91 Å². The quantitative estimate of drug-likeness (QED) is 0.293. The Morgan fingerprint density at radius 3 is 2.25 bits per heavy atom. The lowest BCUT2D eigenvalue weighted by Gasteiger charge is -2.12. The predicted octanol–water partition coefficient (Wildman–Crippen LogP) is 4.48. The van der Waals surface area contributed by atoms with E-state index in [4.69, 9.17) is 15.9 Å². The van der Waals surface area contributed by atoms with Crippen molar-refractivity contribution in [1.82, 2.24) is 5.32 Å². The van der Waals surface area contributed by atoms with Crippen molar-refractivity contribution in [3.63, 3.8) is 0 Å². The van der Waals surface area contributed by atoms with Crippen molar-refractivity contribution in [2.24, 2.45) is 5.73 Å². The van der Waals surface area contributed by atoms with Crippen LogP contribution >= 0.6 is 0 Å². The van der Waals surface area contributed by atoms with Gasteiger partial charge in [-0.05, 0) is 64.6 Å². The highest BCUT2D eigenvalue weighted by Gasteiger charge is 2.12. The van der Waals surface area contributed by atoms with Crippen LogP contribution in [0.15, 0.2) is 66.7 Å². The number of carbonyl (C=O) groups excluding carboxylic acids is 2. The lowest BCUT2D eigenvalue weighted by atomic mass is 9.98. The fraction of sp³-hybridized carbons (Fsp3) is 0.192. The Morgan fingerprint density at radius 2 is 1.62 bits per heavy atom. The van der Waals surface area contributed by atoms with E-state index in [-0.39, 0.29) is 18.3 Å². The van der Waals surface area contributed by atoms with Crippen LogP contribution in [-0.2, 0) is 11.3 Å². The van der Waals surface area contributed by atoms with Gasteiger partial charge in [-0.15, -0.1) is 0 Å². The number of hydrogen-bond acceptors (Lipinski definition) is 4. The number of nitrogen functional groups attached to an aromatic ring is 1. The molecule has 3 aromatic carbocycles. The van der Waals surface area contributed by atoms with Crippen LogP contribution in [0.4, 0.5) is 0 Å². The molecule has 0 spiro atoms. The molecule has 0 radical (unpaired) electrons. The van der Waals surface area contributed by atoms with Crippen molar-refractivity contribution in [2.45, 2.75) is 26.3 Å². The first kappa shape index (κ1) is 22.7. The maximum atomic E-state index is 12.6. The molecule has 4 N–H and O–H groups in total. The van der Waals surface area contributed by atoms with E-state index in [1.54, 1.807) is 30.3 Å². The average Bonchev–Trinajstić information content (AvgIpc) is 2.81. The fourth-order valence-corrected chi connectivity index (χ4v) is 3.37. The van der Waals surface area contributed by atoms with Crippen molar-refractivity contribution < 1.29 is 14.3 Å². The zero-order chi connectivity index (χ0) is 23.3. The van der Waals surface area contributed by atoms with E-state index >= 15 is 0 Å². The molecule has 0 aliphatic carbocycles. The zero-order valence-corrected chi connectivity index (χ0v) is 18.4. The highest BCUT2D eigenvalue weighted by molar-refractivity contribution is 5.97. The van der Waals surface area contributed by atoms with Crippen LogP contribution in [0.25, 0.3) is 11.1 Å². The molecule has 0 heterocycles. The van der Waals surface area contributed by atoms with E-state index in [0.717, 1.165) is 16.7 Å². The van der Waals surface area contributed by atoms with Gasteiger partial charge in [-0.3, -0.25) is 10.2 Å². The first-order chi connectivity index (χ1) is 15.3. The van der Waals surface area contributed by atoms with Crippen LogP contribution in [0.5, 0.6) is 0 Å². The van der Waals surface area contributed by atoms with E-state index < -0.39 is 5.97 Å². The summed E-state index contributed by atoms with van der Waals surface area (Å²) in [6.07, 6.45) is 0. The standard InChI is InChI=1S/C26H27N3O3/c1-16(2)18-7-9-19(10-8-18)25(30)29-15-17-11-22(14-23(12-17)26(31)32-3)20-5-4-6-21(13-20)24(27)28/h4-14,16H,15H2,1-3H3,(H3,27,28)(H,29,30). The second-order valence-corrected chi connectivity index (χ2v) is 7.86. The molecule has 3 rings (SSSR count). The largest absolute Gasteiger partial charge is 0.465 e. The van der Waals surface area contributed by atoms with Crippen LogP contribution < -0.4 is 11.1 Å². The molecule has 6 nitrogen and oxygen atoms in total. The number of rotatable bonds is 7. The summed E-state index contributed by atoms with van der Waals surface area (Å²) in [5.41, 5.74) is 10.7. The van der Waals surface area contributed by atoms with Gasteiger partial charge >= 0.3 is 5.97 Å². The summed E-state index contributed by atoms with van der Waals surface area (Å²) in [5, 5.41) is 10.6. The van der Waals surface area contributed by atoms with Gasteiger partial charge < -0.3 is 15.8 Å². The van der Waals surface area contributed by atoms with E-state index in [2.05, 4.69) is 19.2 Å². The summed E-state index contributed by atoms with van der Waals surface area (Å²) in [6, 6.07) is 20.1. The van der Waals surface area contributed by atoms with Gasteiger partial charge in [-0.2, -0.15) is 0 Å². The van der Waals surface area contributed by atoms with Gasteiger partial charge in [-0.1, -0.05) is 44.2 Å². The van der Waals surface area contributed by atoms with Crippen LogP contribution in [0.1, 0.15) is 57.2 Å². The Kier molecular flexibility index (Phi) is 7.05. The number of carbonyl (C=O) groups is 2. The highest BCUT2D eigenvalue weighted by atomic mass is 16.5. The van der Waals surface area contributed by atoms with Crippen molar-refractivity contribution in [3.05, 3.63) is 94.5 Å². The summed E-state index contributed by atoms with van der Waals surface area (Å²) in [4.78, 5) is 24.8. The number of esters is 1. The summed E-state index contributed by atoms with van der Waals surface area (Å²) >= 11 is 0. The van der Waals surface area contributed by atoms with Crippen molar-refractivity contribution >= 4 is 17.7 Å². The summed E-state index contributed by atoms with van der Waals surface area (Å²) in [7, 11) is 1.33. The van der Waals surface area contributed by atoms with Gasteiger partial charge in [0.2, 0.25) is 0 Å². The molecule has 164 valence electrons. The molecule has 0 unspecified atom stereocenters. The first-order valence-corrected chi connectivity index (χ1v) is 10.3. The van der Waals surface area contributed by atoms with Gasteiger partial charge in [0.05, 0.1) is 12.7 Å². The monoisotopic (exact) mass is 429 g/mol. The summed E-state index contributed by atoms with van der Waals surface area (Å²) in [5.74, 6) is -0.296. The third-order valence-electron chi connectivity index (χ3n) is 5.21. The van der Waals surface area contributed by atoms with Crippen LogP contribution in [0, 0.1) is 5.41 Å². The van der Waals surface area contributed by atoms with Crippen molar-refractivity contribution in [2.75, 3.05) is 7.11 Å². The maximum Gasteiger partial charge on any atom is 0.337 e. The third kappa shape index (κ3) is 5.40.